The average molecular weight is 262 g/mol. The van der Waals surface area contributed by atoms with Crippen molar-refractivity contribution < 1.29 is 9.47 Å². The third-order valence-electron chi connectivity index (χ3n) is 4.37. The van der Waals surface area contributed by atoms with E-state index in [2.05, 4.69) is 30.9 Å². The largest absolute Gasteiger partial charge is 0.454 e. The van der Waals surface area contributed by atoms with Gasteiger partial charge in [-0.2, -0.15) is 0 Å². The number of likely N-dealkylation sites (tertiary alicyclic amines) is 1. The molecule has 0 amide bonds. The van der Waals surface area contributed by atoms with Gasteiger partial charge in [-0.25, -0.2) is 0 Å². The Labute approximate surface area is 114 Å². The zero-order chi connectivity index (χ0) is 13.5. The van der Waals surface area contributed by atoms with Crippen molar-refractivity contribution in [2.75, 3.05) is 19.9 Å². The van der Waals surface area contributed by atoms with Gasteiger partial charge in [0.05, 0.1) is 0 Å². The van der Waals surface area contributed by atoms with Crippen LogP contribution in [0.3, 0.4) is 0 Å². The van der Waals surface area contributed by atoms with Crippen molar-refractivity contribution >= 4 is 0 Å². The maximum absolute atomic E-state index is 6.26. The Morgan fingerprint density at radius 1 is 1.32 bits per heavy atom. The molecule has 0 aromatic heterocycles. The Morgan fingerprint density at radius 2 is 2.11 bits per heavy atom. The quantitative estimate of drug-likeness (QED) is 0.885. The Morgan fingerprint density at radius 3 is 2.89 bits per heavy atom. The summed E-state index contributed by atoms with van der Waals surface area (Å²) in [4.78, 5) is 2.42. The highest BCUT2D eigenvalue weighted by Crippen LogP contribution is 2.34. The maximum atomic E-state index is 6.26. The molecule has 1 aromatic rings. The van der Waals surface area contributed by atoms with E-state index in [9.17, 15) is 0 Å². The first kappa shape index (κ1) is 12.8. The van der Waals surface area contributed by atoms with E-state index in [4.69, 9.17) is 15.2 Å². The zero-order valence-electron chi connectivity index (χ0n) is 11.7. The van der Waals surface area contributed by atoms with Crippen LogP contribution >= 0.6 is 0 Å². The molecule has 4 nitrogen and oxygen atoms in total. The fourth-order valence-corrected chi connectivity index (χ4v) is 2.69. The van der Waals surface area contributed by atoms with Crippen molar-refractivity contribution in [3.8, 4) is 11.5 Å². The molecule has 1 atom stereocenters. The second-order valence-electron chi connectivity index (χ2n) is 6.27. The lowest BCUT2D eigenvalue weighted by atomic mass is 9.78. The molecular weight excluding hydrogens is 240 g/mol. The Kier molecular flexibility index (Phi) is 3.15. The first-order valence-corrected chi connectivity index (χ1v) is 6.91. The van der Waals surface area contributed by atoms with Gasteiger partial charge in [0, 0.05) is 19.1 Å². The molecule has 2 aliphatic rings. The van der Waals surface area contributed by atoms with E-state index in [0.29, 0.717) is 6.79 Å². The van der Waals surface area contributed by atoms with Crippen molar-refractivity contribution in [2.45, 2.75) is 32.9 Å². The molecule has 2 N–H and O–H groups in total. The summed E-state index contributed by atoms with van der Waals surface area (Å²) in [5.41, 5.74) is 7.78. The number of benzene rings is 1. The smallest absolute Gasteiger partial charge is 0.231 e. The fourth-order valence-electron chi connectivity index (χ4n) is 2.69. The van der Waals surface area contributed by atoms with Gasteiger partial charge in [0.15, 0.2) is 11.5 Å². The van der Waals surface area contributed by atoms with Crippen LogP contribution in [0.1, 0.15) is 25.8 Å². The standard InChI is InChI=1S/C15H22N2O2/c1-15(2)5-6-17(9-14(15)16)8-11-3-4-12-13(7-11)19-10-18-12/h3-4,7,14H,5-6,8-10,16H2,1-2H3. The fraction of sp³-hybridized carbons (Fsp3) is 0.600. The number of rotatable bonds is 2. The van der Waals surface area contributed by atoms with Gasteiger partial charge in [-0.05, 0) is 36.1 Å². The summed E-state index contributed by atoms with van der Waals surface area (Å²) in [6.45, 7) is 7.85. The van der Waals surface area contributed by atoms with E-state index in [1.54, 1.807) is 0 Å². The molecule has 4 heteroatoms. The molecule has 1 unspecified atom stereocenters. The molecule has 0 bridgehead atoms. The Balaban J connectivity index is 1.66. The van der Waals surface area contributed by atoms with Gasteiger partial charge < -0.3 is 15.2 Å². The van der Waals surface area contributed by atoms with Crippen LogP contribution in [0.2, 0.25) is 0 Å². The zero-order valence-corrected chi connectivity index (χ0v) is 11.7. The molecule has 19 heavy (non-hydrogen) atoms. The second-order valence-corrected chi connectivity index (χ2v) is 6.27. The number of fused-ring (bicyclic) bond motifs is 1. The highest BCUT2D eigenvalue weighted by atomic mass is 16.7. The van der Waals surface area contributed by atoms with Crippen LogP contribution in [-0.2, 0) is 6.54 Å². The van der Waals surface area contributed by atoms with Crippen molar-refractivity contribution in [1.29, 1.82) is 0 Å². The molecule has 0 spiro atoms. The number of hydrogen-bond donors (Lipinski definition) is 1. The number of nitrogens with two attached hydrogens (primary N) is 1. The lowest BCUT2D eigenvalue weighted by Gasteiger charge is -2.42. The first-order valence-electron chi connectivity index (χ1n) is 6.91. The summed E-state index contributed by atoms with van der Waals surface area (Å²) in [5, 5.41) is 0. The molecular formula is C15H22N2O2. The monoisotopic (exact) mass is 262 g/mol. The van der Waals surface area contributed by atoms with Crippen molar-refractivity contribution in [3.05, 3.63) is 23.8 Å². The molecule has 1 fully saturated rings. The summed E-state index contributed by atoms with van der Waals surface area (Å²) in [6, 6.07) is 6.42. The Bertz CT molecular complexity index is 473. The van der Waals surface area contributed by atoms with Gasteiger partial charge in [0.2, 0.25) is 6.79 Å². The number of ether oxygens (including phenoxy) is 2. The van der Waals surface area contributed by atoms with Crippen LogP contribution in [-0.4, -0.2) is 30.8 Å². The summed E-state index contributed by atoms with van der Waals surface area (Å²) < 4.78 is 10.7. The minimum absolute atomic E-state index is 0.246. The van der Waals surface area contributed by atoms with Crippen LogP contribution in [0, 0.1) is 5.41 Å². The summed E-state index contributed by atoms with van der Waals surface area (Å²) in [5.74, 6) is 1.71. The van der Waals surface area contributed by atoms with Gasteiger partial charge in [-0.1, -0.05) is 19.9 Å². The van der Waals surface area contributed by atoms with Crippen LogP contribution < -0.4 is 15.2 Å². The lowest BCUT2D eigenvalue weighted by Crippen LogP contribution is -2.52. The molecule has 0 saturated carbocycles. The Hall–Kier alpha value is -1.26. The third-order valence-corrected chi connectivity index (χ3v) is 4.37. The number of piperidine rings is 1. The summed E-state index contributed by atoms with van der Waals surface area (Å²) in [7, 11) is 0. The molecule has 2 aliphatic heterocycles. The van der Waals surface area contributed by atoms with Gasteiger partial charge in [-0.3, -0.25) is 4.90 Å². The predicted octanol–water partition coefficient (Wildman–Crippen LogP) is 1.97. The SMILES string of the molecule is CC1(C)CCN(Cc2ccc3c(c2)OCO3)CC1N. The second kappa shape index (κ2) is 4.69. The van der Waals surface area contributed by atoms with Crippen LogP contribution in [0.15, 0.2) is 18.2 Å². The van der Waals surface area contributed by atoms with Gasteiger partial charge >= 0.3 is 0 Å². The molecule has 0 aliphatic carbocycles. The average Bonchev–Trinajstić information content (AvgIpc) is 2.82. The first-order chi connectivity index (χ1) is 9.04. The van der Waals surface area contributed by atoms with Gasteiger partial charge in [0.1, 0.15) is 0 Å². The molecule has 104 valence electrons. The molecule has 0 radical (unpaired) electrons. The molecule has 1 saturated heterocycles. The van der Waals surface area contributed by atoms with Crippen molar-refractivity contribution in [3.63, 3.8) is 0 Å². The lowest BCUT2D eigenvalue weighted by molar-refractivity contribution is 0.101. The van der Waals surface area contributed by atoms with Crippen molar-refractivity contribution in [2.24, 2.45) is 11.1 Å². The summed E-state index contributed by atoms with van der Waals surface area (Å²) >= 11 is 0. The number of hydrogen-bond acceptors (Lipinski definition) is 4. The minimum Gasteiger partial charge on any atom is -0.454 e. The van der Waals surface area contributed by atoms with Gasteiger partial charge in [-0.15, -0.1) is 0 Å². The molecule has 3 rings (SSSR count). The van der Waals surface area contributed by atoms with E-state index < -0.39 is 0 Å². The summed E-state index contributed by atoms with van der Waals surface area (Å²) in [6.07, 6.45) is 1.15. The van der Waals surface area contributed by atoms with E-state index >= 15 is 0 Å². The third kappa shape index (κ3) is 2.55. The molecule has 1 aromatic carbocycles. The van der Waals surface area contributed by atoms with E-state index in [1.165, 1.54) is 5.56 Å². The predicted molar refractivity (Wildman–Crippen MR) is 74.2 cm³/mol. The highest BCUT2D eigenvalue weighted by Gasteiger charge is 2.32. The van der Waals surface area contributed by atoms with Crippen LogP contribution in [0.5, 0.6) is 11.5 Å². The topological polar surface area (TPSA) is 47.7 Å². The van der Waals surface area contributed by atoms with E-state index in [-0.39, 0.29) is 11.5 Å². The van der Waals surface area contributed by atoms with Crippen molar-refractivity contribution in [1.82, 2.24) is 4.90 Å². The van der Waals surface area contributed by atoms with Gasteiger partial charge in [0.25, 0.3) is 0 Å². The molecule has 2 heterocycles. The number of nitrogens with zero attached hydrogens (tertiary/aromatic N) is 1. The maximum Gasteiger partial charge on any atom is 0.231 e. The minimum atomic E-state index is 0.246. The van der Waals surface area contributed by atoms with Crippen LogP contribution in [0.25, 0.3) is 0 Å². The van der Waals surface area contributed by atoms with E-state index in [0.717, 1.165) is 37.6 Å². The normalized spacial score (nSPS) is 25.5. The highest BCUT2D eigenvalue weighted by molar-refractivity contribution is 5.44. The van der Waals surface area contributed by atoms with Crippen LogP contribution in [0.4, 0.5) is 0 Å². The van der Waals surface area contributed by atoms with E-state index in [1.807, 2.05) is 6.07 Å².